The molecule has 3 heterocycles. The van der Waals surface area contributed by atoms with Crippen molar-refractivity contribution in [1.82, 2.24) is 9.55 Å². The molecule has 1 aromatic heterocycles. The third-order valence-electron chi connectivity index (χ3n) is 5.92. The van der Waals surface area contributed by atoms with Gasteiger partial charge in [-0.2, -0.15) is 0 Å². The molecule has 1 atom stereocenters. The number of hydrogen-bond acceptors (Lipinski definition) is 7. The van der Waals surface area contributed by atoms with E-state index in [0.29, 0.717) is 57.6 Å². The zero-order valence-corrected chi connectivity index (χ0v) is 19.4. The van der Waals surface area contributed by atoms with E-state index < -0.39 is 0 Å². The molecule has 0 unspecified atom stereocenters. The van der Waals surface area contributed by atoms with Gasteiger partial charge in [0, 0.05) is 16.9 Å². The van der Waals surface area contributed by atoms with E-state index in [-0.39, 0.29) is 36.6 Å². The predicted molar refractivity (Wildman–Crippen MR) is 129 cm³/mol. The average Bonchev–Trinajstić information content (AvgIpc) is 2.89. The number of para-hydroxylation sites is 3. The Balaban J connectivity index is 1.32. The summed E-state index contributed by atoms with van der Waals surface area (Å²) in [4.78, 5) is 18.2. The van der Waals surface area contributed by atoms with Gasteiger partial charge >= 0.3 is 0 Å². The summed E-state index contributed by atoms with van der Waals surface area (Å²) in [6, 6.07) is 17.8. The lowest BCUT2D eigenvalue weighted by Gasteiger charge is -2.27. The van der Waals surface area contributed by atoms with Crippen molar-refractivity contribution in [1.29, 1.82) is 0 Å². The fourth-order valence-electron chi connectivity index (χ4n) is 4.17. The molecule has 2 aliphatic rings. The molecule has 6 rings (SSSR count). The number of nitrogens with zero attached hydrogens (tertiary/aromatic N) is 2. The first-order valence-electron chi connectivity index (χ1n) is 11.2. The molecule has 0 radical (unpaired) electrons. The van der Waals surface area contributed by atoms with Gasteiger partial charge in [-0.25, -0.2) is 9.37 Å². The Labute approximate surface area is 204 Å². The summed E-state index contributed by atoms with van der Waals surface area (Å²) in [5.74, 6) is 1.86. The van der Waals surface area contributed by atoms with Crippen LogP contribution in [0.3, 0.4) is 0 Å². The molecule has 7 nitrogen and oxygen atoms in total. The number of halogens is 1. The van der Waals surface area contributed by atoms with Crippen molar-refractivity contribution in [3.63, 3.8) is 0 Å². The van der Waals surface area contributed by atoms with Gasteiger partial charge in [-0.1, -0.05) is 36.0 Å². The highest BCUT2D eigenvalue weighted by Crippen LogP contribution is 2.33. The molecule has 2 aliphatic heterocycles. The van der Waals surface area contributed by atoms with E-state index in [9.17, 15) is 9.18 Å². The predicted octanol–water partition coefficient (Wildman–Crippen LogP) is 4.53. The Hall–Kier alpha value is -3.56. The minimum Gasteiger partial charge on any atom is -0.486 e. The number of hydrogen-bond donors (Lipinski definition) is 0. The quantitative estimate of drug-likeness (QED) is 0.299. The van der Waals surface area contributed by atoms with Crippen LogP contribution in [-0.4, -0.2) is 29.1 Å². The van der Waals surface area contributed by atoms with Crippen LogP contribution in [0.2, 0.25) is 0 Å². The molecule has 0 spiro atoms. The second-order valence-corrected chi connectivity index (χ2v) is 9.22. The molecular formula is C26H21FN2O5S. The Kier molecular flexibility index (Phi) is 5.79. The van der Waals surface area contributed by atoms with Gasteiger partial charge in [0.15, 0.2) is 29.6 Å². The summed E-state index contributed by atoms with van der Waals surface area (Å²) >= 11 is 1.30. The maximum Gasteiger partial charge on any atom is 0.262 e. The van der Waals surface area contributed by atoms with Gasteiger partial charge in [-0.15, -0.1) is 0 Å². The van der Waals surface area contributed by atoms with Gasteiger partial charge in [0.2, 0.25) is 0 Å². The van der Waals surface area contributed by atoms with E-state index in [1.807, 2.05) is 36.4 Å². The molecule has 0 bridgehead atoms. The van der Waals surface area contributed by atoms with E-state index in [2.05, 4.69) is 0 Å². The standard InChI is InChI=1S/C26H21FN2O5S/c27-20-9-16-12-31-15-33-24(16)10-17(20)14-35-26-28-21-6-2-1-5-19(21)25(30)29(26)11-18-13-32-22-7-3-4-8-23(22)34-18/h1-10,18H,11-15H2/t18-/m0/s1. The molecular weight excluding hydrogens is 471 g/mol. The van der Waals surface area contributed by atoms with Crippen LogP contribution in [-0.2, 0) is 23.6 Å². The maximum absolute atomic E-state index is 14.8. The molecule has 0 saturated carbocycles. The largest absolute Gasteiger partial charge is 0.486 e. The van der Waals surface area contributed by atoms with Gasteiger partial charge in [0.1, 0.15) is 18.2 Å². The van der Waals surface area contributed by atoms with E-state index >= 15 is 0 Å². The van der Waals surface area contributed by atoms with Crippen molar-refractivity contribution < 1.29 is 23.3 Å². The van der Waals surface area contributed by atoms with Crippen LogP contribution in [0.15, 0.2) is 70.6 Å². The van der Waals surface area contributed by atoms with Gasteiger partial charge in [-0.3, -0.25) is 9.36 Å². The fraction of sp³-hybridized carbons (Fsp3) is 0.231. The average molecular weight is 493 g/mol. The summed E-state index contributed by atoms with van der Waals surface area (Å²) in [5, 5.41) is 1.000. The van der Waals surface area contributed by atoms with Crippen LogP contribution in [0.25, 0.3) is 10.9 Å². The Morgan fingerprint density at radius 1 is 1.03 bits per heavy atom. The van der Waals surface area contributed by atoms with E-state index in [1.165, 1.54) is 17.8 Å². The van der Waals surface area contributed by atoms with E-state index in [1.54, 1.807) is 22.8 Å². The van der Waals surface area contributed by atoms with Crippen molar-refractivity contribution >= 4 is 22.7 Å². The first-order valence-corrected chi connectivity index (χ1v) is 12.2. The van der Waals surface area contributed by atoms with E-state index in [4.69, 9.17) is 23.9 Å². The number of rotatable bonds is 5. The Morgan fingerprint density at radius 3 is 2.77 bits per heavy atom. The highest BCUT2D eigenvalue weighted by Gasteiger charge is 2.24. The van der Waals surface area contributed by atoms with Crippen molar-refractivity contribution in [3.05, 3.63) is 88.0 Å². The first-order chi connectivity index (χ1) is 17.2. The number of fused-ring (bicyclic) bond motifs is 3. The summed E-state index contributed by atoms with van der Waals surface area (Å²) in [7, 11) is 0. The molecule has 0 saturated heterocycles. The van der Waals surface area contributed by atoms with Gasteiger partial charge in [0.25, 0.3) is 5.56 Å². The van der Waals surface area contributed by atoms with Gasteiger partial charge < -0.3 is 18.9 Å². The van der Waals surface area contributed by atoms with Gasteiger partial charge in [0.05, 0.1) is 24.1 Å². The van der Waals surface area contributed by atoms with Crippen LogP contribution in [0.4, 0.5) is 4.39 Å². The van der Waals surface area contributed by atoms with Crippen LogP contribution < -0.4 is 19.8 Å². The van der Waals surface area contributed by atoms with Crippen LogP contribution in [0.1, 0.15) is 11.1 Å². The second-order valence-electron chi connectivity index (χ2n) is 8.28. The van der Waals surface area contributed by atoms with Crippen LogP contribution in [0, 0.1) is 5.82 Å². The molecule has 0 N–H and O–H groups in total. The van der Waals surface area contributed by atoms with Crippen molar-refractivity contribution in [2.45, 2.75) is 30.2 Å². The van der Waals surface area contributed by atoms with E-state index in [0.717, 1.165) is 0 Å². The molecule has 35 heavy (non-hydrogen) atoms. The van der Waals surface area contributed by atoms with Gasteiger partial charge in [-0.05, 0) is 36.4 Å². The van der Waals surface area contributed by atoms with Crippen LogP contribution >= 0.6 is 11.8 Å². The van der Waals surface area contributed by atoms with Crippen molar-refractivity contribution in [2.75, 3.05) is 13.4 Å². The first kappa shape index (κ1) is 21.9. The number of benzene rings is 3. The molecule has 178 valence electrons. The molecule has 4 aromatic rings. The topological polar surface area (TPSA) is 71.8 Å². The minimum absolute atomic E-state index is 0.142. The third-order valence-corrected chi connectivity index (χ3v) is 6.95. The molecule has 9 heteroatoms. The Morgan fingerprint density at radius 2 is 1.86 bits per heavy atom. The smallest absolute Gasteiger partial charge is 0.262 e. The fourth-order valence-corrected chi connectivity index (χ4v) is 5.15. The molecule has 0 fully saturated rings. The molecule has 0 aliphatic carbocycles. The lowest BCUT2D eigenvalue weighted by atomic mass is 10.1. The second kappa shape index (κ2) is 9.24. The Bertz CT molecular complexity index is 1470. The summed E-state index contributed by atoms with van der Waals surface area (Å²) in [5.41, 5.74) is 1.56. The summed E-state index contributed by atoms with van der Waals surface area (Å²) in [6.07, 6.45) is -0.376. The monoisotopic (exact) mass is 492 g/mol. The molecule has 0 amide bonds. The number of ether oxygens (including phenoxy) is 4. The van der Waals surface area contributed by atoms with Crippen molar-refractivity contribution in [2.24, 2.45) is 0 Å². The zero-order valence-electron chi connectivity index (χ0n) is 18.6. The zero-order chi connectivity index (χ0) is 23.8. The summed E-state index contributed by atoms with van der Waals surface area (Å²) in [6.45, 7) is 1.02. The lowest BCUT2D eigenvalue weighted by Crippen LogP contribution is -2.37. The number of aromatic nitrogens is 2. The highest BCUT2D eigenvalue weighted by atomic mass is 32.2. The summed E-state index contributed by atoms with van der Waals surface area (Å²) < 4.78 is 39.0. The SMILES string of the molecule is O=c1c2ccccc2nc(SCc2cc3c(cc2F)COCO3)n1C[C@H]1COc2ccccc2O1. The minimum atomic E-state index is -0.376. The van der Waals surface area contributed by atoms with Crippen molar-refractivity contribution in [3.8, 4) is 17.2 Å². The normalized spacial score (nSPS) is 16.5. The highest BCUT2D eigenvalue weighted by molar-refractivity contribution is 7.98. The number of thioether (sulfide) groups is 1. The maximum atomic E-state index is 14.8. The molecule has 3 aromatic carbocycles. The lowest BCUT2D eigenvalue weighted by molar-refractivity contribution is -0.0166. The third kappa shape index (κ3) is 4.33. The van der Waals surface area contributed by atoms with Crippen LogP contribution in [0.5, 0.6) is 17.2 Å².